The van der Waals surface area contributed by atoms with E-state index in [9.17, 15) is 0 Å². The van der Waals surface area contributed by atoms with Gasteiger partial charge in [0.05, 0.1) is 0 Å². The summed E-state index contributed by atoms with van der Waals surface area (Å²) in [6.07, 6.45) is 0. The molecule has 0 saturated heterocycles. The molecule has 6 aliphatic heterocycles. The molecule has 139 heavy (non-hydrogen) atoms. The maximum atomic E-state index is 7.21. The van der Waals surface area contributed by atoms with Gasteiger partial charge in [-0.05, 0) is 168 Å². The number of fused-ring (bicyclic) bond motifs is 12. The third-order valence-corrected chi connectivity index (χ3v) is 28.5. The number of para-hydroxylation sites is 6. The van der Waals surface area contributed by atoms with Gasteiger partial charge in [0, 0.05) is 83.1 Å². The van der Waals surface area contributed by atoms with Crippen LogP contribution in [0.5, 0.6) is 69.0 Å². The highest BCUT2D eigenvalue weighted by molar-refractivity contribution is 7.00. The molecule has 0 bridgehead atoms. The van der Waals surface area contributed by atoms with Crippen molar-refractivity contribution in [1.82, 2.24) is 0 Å². The molecule has 0 atom stereocenters. The predicted molar refractivity (Wildman–Crippen MR) is 577 cm³/mol. The molecule has 0 N–H and O–H groups in total. The first kappa shape index (κ1) is 83.4. The fourth-order valence-electron chi connectivity index (χ4n) is 21.9. The van der Waals surface area contributed by atoms with Crippen LogP contribution in [0.15, 0.2) is 467 Å². The molecule has 0 spiro atoms. The van der Waals surface area contributed by atoms with Crippen LogP contribution < -0.4 is 77.6 Å². The second-order valence-electron chi connectivity index (χ2n) is 36.6. The lowest BCUT2D eigenvalue weighted by atomic mass is 9.34. The molecule has 27 rings (SSSR count). The molecular formula is C130H89B3O6. The van der Waals surface area contributed by atoms with Crippen LogP contribution in [-0.2, 0) is 0 Å². The average Bonchev–Trinajstić information content (AvgIpc) is 0.708. The minimum Gasteiger partial charge on any atom is -0.457 e. The standard InChI is InChI=1S/C44H31BO2.2C43H29BO2/c1-28-15-9-11-21-32(28)34-23-13-25-38-41(34)46-43-36(30-17-5-3-6-18-30)27-37(31-19-7-4-8-20-31)44-40(43)45(38)39-26-14-24-35(42(39)47-44)33-22-12-10-16-29(33)2;1-28-15-11-12-22-32(28)34-24-14-26-38-41(34)46-43-36(31-20-9-4-10-21-31)27-35(30-18-7-3-8-19-30)42-39(43)44(38)37-25-13-23-33(40(37)45-42)29-16-5-2-6-17-29;1-28-15-11-12-22-32(28)36-27-35(31-20-9-4-10-21-31)42-39-43(36)46-41-34(30-18-7-3-8-19-30)24-14-26-38(41)44(39)37-25-13-23-33(40(37)45-42)29-16-5-2-6-17-29/h3-27H,1-2H3;2*2-27H,1H3. The zero-order valence-electron chi connectivity index (χ0n) is 77.1. The molecule has 9 heteroatoms. The van der Waals surface area contributed by atoms with E-state index in [1.54, 1.807) is 0 Å². The topological polar surface area (TPSA) is 55.4 Å². The van der Waals surface area contributed by atoms with Crippen LogP contribution in [0.25, 0.3) is 134 Å². The van der Waals surface area contributed by atoms with E-state index in [1.807, 2.05) is 0 Å². The van der Waals surface area contributed by atoms with Crippen LogP contribution >= 0.6 is 0 Å². The Morgan fingerprint density at radius 2 is 0.273 bits per heavy atom. The monoisotopic (exact) mass is 1780 g/mol. The minimum absolute atomic E-state index is 0.0868. The zero-order valence-corrected chi connectivity index (χ0v) is 77.1. The predicted octanol–water partition coefficient (Wildman–Crippen LogP) is 28.5. The fraction of sp³-hybridized carbons (Fsp3) is 0.0308. The van der Waals surface area contributed by atoms with E-state index in [1.165, 1.54) is 38.9 Å². The van der Waals surface area contributed by atoms with E-state index < -0.39 is 0 Å². The summed E-state index contributed by atoms with van der Waals surface area (Å²) in [5.41, 5.74) is 41.5. The SMILES string of the molecule is Cc1ccccc1-c1cc(-c2ccccc2)c2c3c1Oc1c(cccc1-c1ccccc1)B3c1cccc(-c3ccccc3)c1O2.Cc1ccccc1-c1cccc2c1Oc1c(-c3ccccc3)cc(-c3ccccc3)c3c1B2c1cccc(-c2ccccc2)c1O3.Cc1ccccc1-c1cccc2c1Oc1c(-c3ccccc3)cc(-c3ccccc3)c3c1B2c1cccc(-c2ccccc2C)c1O3. The van der Waals surface area contributed by atoms with Gasteiger partial charge in [-0.25, -0.2) is 0 Å². The van der Waals surface area contributed by atoms with E-state index in [2.05, 4.69) is 495 Å². The van der Waals surface area contributed by atoms with Crippen LogP contribution in [0.4, 0.5) is 0 Å². The molecule has 0 aliphatic carbocycles. The molecular weight excluding hydrogens is 1690 g/mol. The van der Waals surface area contributed by atoms with Crippen LogP contribution in [0.2, 0.25) is 0 Å². The molecule has 6 nitrogen and oxygen atoms in total. The second-order valence-corrected chi connectivity index (χ2v) is 36.6. The summed E-state index contributed by atoms with van der Waals surface area (Å²) in [7, 11) is 0. The van der Waals surface area contributed by atoms with Crippen molar-refractivity contribution in [3.05, 3.63) is 489 Å². The zero-order chi connectivity index (χ0) is 92.7. The Labute approximate surface area is 811 Å². The van der Waals surface area contributed by atoms with Gasteiger partial charge in [0.25, 0.3) is 20.1 Å². The summed E-state index contributed by atoms with van der Waals surface area (Å²) < 4.78 is 43.1. The van der Waals surface area contributed by atoms with Gasteiger partial charge in [-0.1, -0.05) is 449 Å². The van der Waals surface area contributed by atoms with Crippen molar-refractivity contribution in [2.75, 3.05) is 0 Å². The Balaban J connectivity index is 0.000000110. The smallest absolute Gasteiger partial charge is 0.260 e. The van der Waals surface area contributed by atoms with Crippen molar-refractivity contribution >= 4 is 69.3 Å². The Bertz CT molecular complexity index is 8150. The number of benzene rings is 21. The van der Waals surface area contributed by atoms with Crippen LogP contribution in [0, 0.1) is 27.7 Å². The molecule has 21 aromatic carbocycles. The van der Waals surface area contributed by atoms with Crippen molar-refractivity contribution in [3.63, 3.8) is 0 Å². The Morgan fingerprint density at radius 3 is 0.482 bits per heavy atom. The third-order valence-electron chi connectivity index (χ3n) is 28.5. The first-order valence-electron chi connectivity index (χ1n) is 47.8. The van der Waals surface area contributed by atoms with Crippen molar-refractivity contribution in [3.8, 4) is 203 Å². The average molecular weight is 1780 g/mol. The van der Waals surface area contributed by atoms with E-state index in [-0.39, 0.29) is 20.1 Å². The molecule has 6 aliphatic rings. The number of rotatable bonds is 12. The summed E-state index contributed by atoms with van der Waals surface area (Å²) >= 11 is 0. The highest BCUT2D eigenvalue weighted by Crippen LogP contribution is 2.55. The van der Waals surface area contributed by atoms with Gasteiger partial charge in [0.2, 0.25) is 0 Å². The molecule has 654 valence electrons. The van der Waals surface area contributed by atoms with Gasteiger partial charge in [-0.15, -0.1) is 0 Å². The maximum Gasteiger partial charge on any atom is 0.260 e. The van der Waals surface area contributed by atoms with E-state index in [0.717, 1.165) is 235 Å². The Kier molecular flexibility index (Phi) is 21.1. The van der Waals surface area contributed by atoms with Crippen molar-refractivity contribution in [1.29, 1.82) is 0 Å². The minimum atomic E-state index is -0.0911. The Morgan fingerprint density at radius 1 is 0.122 bits per heavy atom. The number of aryl methyl sites for hydroxylation is 4. The van der Waals surface area contributed by atoms with Gasteiger partial charge in [-0.3, -0.25) is 0 Å². The number of ether oxygens (including phenoxy) is 6. The summed E-state index contributed by atoms with van der Waals surface area (Å²) in [4.78, 5) is 0. The van der Waals surface area contributed by atoms with Crippen molar-refractivity contribution in [2.24, 2.45) is 0 Å². The van der Waals surface area contributed by atoms with Crippen LogP contribution in [-0.4, -0.2) is 20.1 Å². The van der Waals surface area contributed by atoms with Crippen LogP contribution in [0.1, 0.15) is 22.3 Å². The van der Waals surface area contributed by atoms with Gasteiger partial charge >= 0.3 is 0 Å². The van der Waals surface area contributed by atoms with E-state index in [0.29, 0.717) is 0 Å². The van der Waals surface area contributed by atoms with Crippen molar-refractivity contribution < 1.29 is 28.4 Å². The fourth-order valence-corrected chi connectivity index (χ4v) is 21.9. The lowest BCUT2D eigenvalue weighted by Crippen LogP contribution is -2.57. The number of hydrogen-bond acceptors (Lipinski definition) is 6. The Hall–Kier alpha value is -17.4. The largest absolute Gasteiger partial charge is 0.457 e. The first-order chi connectivity index (χ1) is 68.7. The molecule has 0 radical (unpaired) electrons. The quantitative estimate of drug-likeness (QED) is 0.114. The van der Waals surface area contributed by atoms with Gasteiger partial charge in [-0.2, -0.15) is 0 Å². The highest BCUT2D eigenvalue weighted by Gasteiger charge is 2.49. The second kappa shape index (κ2) is 35.1. The van der Waals surface area contributed by atoms with Crippen LogP contribution in [0.3, 0.4) is 0 Å². The lowest BCUT2D eigenvalue weighted by Gasteiger charge is -2.37. The number of hydrogen-bond donors (Lipinski definition) is 0. The molecule has 21 aromatic rings. The lowest BCUT2D eigenvalue weighted by molar-refractivity contribution is 0.468. The van der Waals surface area contributed by atoms with E-state index >= 15 is 0 Å². The molecule has 0 aromatic heterocycles. The van der Waals surface area contributed by atoms with Gasteiger partial charge in [0.1, 0.15) is 69.0 Å². The molecule has 0 saturated carbocycles. The summed E-state index contributed by atoms with van der Waals surface area (Å²) in [5.74, 6) is 10.6. The summed E-state index contributed by atoms with van der Waals surface area (Å²) in [6, 6.07) is 165. The summed E-state index contributed by atoms with van der Waals surface area (Å²) in [6.45, 7) is 8.41. The highest BCUT2D eigenvalue weighted by atomic mass is 16.5. The molecule has 0 unspecified atom stereocenters. The van der Waals surface area contributed by atoms with E-state index in [4.69, 9.17) is 28.4 Å². The molecule has 6 heterocycles. The maximum absolute atomic E-state index is 7.21. The van der Waals surface area contributed by atoms with Gasteiger partial charge in [0.15, 0.2) is 0 Å². The molecule has 0 fully saturated rings. The first-order valence-corrected chi connectivity index (χ1v) is 47.8. The third kappa shape index (κ3) is 14.5. The van der Waals surface area contributed by atoms with Gasteiger partial charge < -0.3 is 28.4 Å². The normalized spacial score (nSPS) is 12.3. The molecule has 0 amide bonds. The summed E-state index contributed by atoms with van der Waals surface area (Å²) in [5, 5.41) is 0. The van der Waals surface area contributed by atoms with Crippen molar-refractivity contribution in [2.45, 2.75) is 27.7 Å².